The van der Waals surface area contributed by atoms with E-state index in [-0.39, 0.29) is 32.2 Å². The second kappa shape index (κ2) is 10.3. The number of thioether (sulfide) groups is 1. The van der Waals surface area contributed by atoms with E-state index in [1.54, 1.807) is 11.8 Å². The van der Waals surface area contributed by atoms with Gasteiger partial charge in [-0.2, -0.15) is 0 Å². The summed E-state index contributed by atoms with van der Waals surface area (Å²) in [5.41, 5.74) is 1.44. The molecule has 1 atom stereocenters. The van der Waals surface area contributed by atoms with Crippen LogP contribution in [0.3, 0.4) is 0 Å². The SMILES string of the molecule is COCCC(C(=O)NO)S(=O)(=O)N1CCC(Oc2ccc(SC)cc2)CC1. The van der Waals surface area contributed by atoms with E-state index < -0.39 is 21.2 Å². The number of nitrogens with zero attached hydrogens (tertiary/aromatic N) is 1. The molecular weight excluding hydrogens is 392 g/mol. The van der Waals surface area contributed by atoms with Gasteiger partial charge in [0.25, 0.3) is 5.91 Å². The van der Waals surface area contributed by atoms with Crippen LogP contribution < -0.4 is 10.2 Å². The zero-order valence-electron chi connectivity index (χ0n) is 15.5. The van der Waals surface area contributed by atoms with E-state index in [1.807, 2.05) is 30.5 Å². The minimum atomic E-state index is -3.89. The predicted octanol–water partition coefficient (Wildman–Crippen LogP) is 1.49. The van der Waals surface area contributed by atoms with E-state index in [4.69, 9.17) is 14.7 Å². The molecule has 0 spiro atoms. The Kier molecular flexibility index (Phi) is 8.36. The monoisotopic (exact) mass is 418 g/mol. The van der Waals surface area contributed by atoms with E-state index >= 15 is 0 Å². The van der Waals surface area contributed by atoms with Crippen LogP contribution in [0.1, 0.15) is 19.3 Å². The first kappa shape index (κ1) is 22.0. The molecule has 0 saturated carbocycles. The van der Waals surface area contributed by atoms with Crippen LogP contribution in [-0.4, -0.2) is 68.3 Å². The number of hydrogen-bond donors (Lipinski definition) is 2. The molecule has 0 bridgehead atoms. The molecule has 2 N–H and O–H groups in total. The minimum Gasteiger partial charge on any atom is -0.490 e. The average Bonchev–Trinajstić information content (AvgIpc) is 2.69. The van der Waals surface area contributed by atoms with Gasteiger partial charge in [0.05, 0.1) is 0 Å². The molecule has 1 aromatic rings. The third-order valence-corrected chi connectivity index (χ3v) is 7.47. The van der Waals surface area contributed by atoms with Gasteiger partial charge in [-0.05, 0) is 49.8 Å². The van der Waals surface area contributed by atoms with Gasteiger partial charge in [-0.25, -0.2) is 18.2 Å². The van der Waals surface area contributed by atoms with Crippen molar-refractivity contribution >= 4 is 27.7 Å². The number of hydrogen-bond acceptors (Lipinski definition) is 7. The van der Waals surface area contributed by atoms with Gasteiger partial charge in [0.1, 0.15) is 11.9 Å². The molecule has 1 aromatic carbocycles. The zero-order valence-corrected chi connectivity index (χ0v) is 17.1. The van der Waals surface area contributed by atoms with Crippen molar-refractivity contribution < 1.29 is 27.9 Å². The Labute approximate surface area is 164 Å². The number of piperidine rings is 1. The molecular formula is C17H26N2O6S2. The molecule has 1 fully saturated rings. The number of benzene rings is 1. The summed E-state index contributed by atoms with van der Waals surface area (Å²) >= 11 is 1.65. The fourth-order valence-electron chi connectivity index (χ4n) is 2.94. The Morgan fingerprint density at radius 2 is 1.96 bits per heavy atom. The fraction of sp³-hybridized carbons (Fsp3) is 0.588. The van der Waals surface area contributed by atoms with Crippen molar-refractivity contribution in [2.45, 2.75) is 35.5 Å². The van der Waals surface area contributed by atoms with Crippen molar-refractivity contribution in [3.05, 3.63) is 24.3 Å². The van der Waals surface area contributed by atoms with Crippen molar-refractivity contribution in [1.82, 2.24) is 9.79 Å². The number of carbonyl (C=O) groups is 1. The summed E-state index contributed by atoms with van der Waals surface area (Å²) in [4.78, 5) is 13.0. The van der Waals surface area contributed by atoms with Gasteiger partial charge in [-0.1, -0.05) is 0 Å². The van der Waals surface area contributed by atoms with Gasteiger partial charge >= 0.3 is 0 Å². The van der Waals surface area contributed by atoms with Crippen molar-refractivity contribution in [3.63, 3.8) is 0 Å². The van der Waals surface area contributed by atoms with Crippen molar-refractivity contribution in [2.75, 3.05) is 33.1 Å². The van der Waals surface area contributed by atoms with Gasteiger partial charge in [0.15, 0.2) is 5.25 Å². The summed E-state index contributed by atoms with van der Waals surface area (Å²) in [5, 5.41) is 7.49. The summed E-state index contributed by atoms with van der Waals surface area (Å²) in [6, 6.07) is 7.77. The number of carbonyl (C=O) groups excluding carboxylic acids is 1. The van der Waals surface area contributed by atoms with E-state index in [9.17, 15) is 13.2 Å². The third kappa shape index (κ3) is 5.82. The highest BCUT2D eigenvalue weighted by atomic mass is 32.2. The summed E-state index contributed by atoms with van der Waals surface area (Å²) in [6.07, 6.45) is 2.95. The van der Waals surface area contributed by atoms with Gasteiger partial charge in [-0.3, -0.25) is 10.0 Å². The smallest absolute Gasteiger partial charge is 0.263 e. The number of hydroxylamine groups is 1. The van der Waals surface area contributed by atoms with Crippen molar-refractivity contribution in [3.8, 4) is 5.75 Å². The van der Waals surface area contributed by atoms with Crippen molar-refractivity contribution in [2.24, 2.45) is 0 Å². The lowest BCUT2D eigenvalue weighted by Gasteiger charge is -2.33. The first-order chi connectivity index (χ1) is 12.9. The third-order valence-electron chi connectivity index (χ3n) is 4.47. The Bertz CT molecular complexity index is 703. The molecule has 27 heavy (non-hydrogen) atoms. The standard InChI is InChI=1S/C17H26N2O6S2/c1-24-12-9-16(17(20)18-21)27(22,23)19-10-7-14(8-11-19)25-13-3-5-15(26-2)6-4-13/h3-6,14,16,21H,7-12H2,1-2H3,(H,18,20). The van der Waals surface area contributed by atoms with E-state index in [0.717, 1.165) is 10.6 Å². The normalized spacial score (nSPS) is 17.4. The molecule has 1 saturated heterocycles. The largest absolute Gasteiger partial charge is 0.490 e. The maximum atomic E-state index is 12.8. The zero-order chi connectivity index (χ0) is 19.9. The summed E-state index contributed by atoms with van der Waals surface area (Å²) in [6.45, 7) is 0.624. The molecule has 1 heterocycles. The predicted molar refractivity (Wildman–Crippen MR) is 103 cm³/mol. The average molecular weight is 419 g/mol. The summed E-state index contributed by atoms with van der Waals surface area (Å²) in [7, 11) is -2.46. The van der Waals surface area contributed by atoms with E-state index in [0.29, 0.717) is 12.8 Å². The number of nitrogens with one attached hydrogen (secondary N) is 1. The Hall–Kier alpha value is -1.33. The Balaban J connectivity index is 1.96. The van der Waals surface area contributed by atoms with Crippen LogP contribution >= 0.6 is 11.8 Å². The minimum absolute atomic E-state index is 0.0244. The quantitative estimate of drug-likeness (QED) is 0.356. The van der Waals surface area contributed by atoms with Crippen LogP contribution in [0.2, 0.25) is 0 Å². The van der Waals surface area contributed by atoms with Crippen molar-refractivity contribution in [1.29, 1.82) is 0 Å². The summed E-state index contributed by atoms with van der Waals surface area (Å²) < 4.78 is 37.7. The molecule has 2 rings (SSSR count). The van der Waals surface area contributed by atoms with Crippen LogP contribution in [0.4, 0.5) is 0 Å². The van der Waals surface area contributed by atoms with Crippen LogP contribution in [0.15, 0.2) is 29.2 Å². The molecule has 10 heteroatoms. The lowest BCUT2D eigenvalue weighted by Crippen LogP contribution is -2.50. The highest BCUT2D eigenvalue weighted by Crippen LogP contribution is 2.25. The Morgan fingerprint density at radius 3 is 2.48 bits per heavy atom. The topological polar surface area (TPSA) is 105 Å². The molecule has 8 nitrogen and oxygen atoms in total. The molecule has 0 aromatic heterocycles. The molecule has 0 radical (unpaired) electrons. The first-order valence-corrected chi connectivity index (χ1v) is 11.4. The van der Waals surface area contributed by atoms with Gasteiger partial charge in [0, 0.05) is 31.7 Å². The lowest BCUT2D eigenvalue weighted by atomic mass is 10.1. The van der Waals surface area contributed by atoms with Crippen LogP contribution in [-0.2, 0) is 19.6 Å². The summed E-state index contributed by atoms with van der Waals surface area (Å²) in [5.74, 6) is -0.189. The second-order valence-corrected chi connectivity index (χ2v) is 9.18. The number of rotatable bonds is 9. The number of methoxy groups -OCH3 is 1. The fourth-order valence-corrected chi connectivity index (χ4v) is 5.15. The van der Waals surface area contributed by atoms with Crippen LogP contribution in [0.5, 0.6) is 5.75 Å². The first-order valence-electron chi connectivity index (χ1n) is 8.65. The van der Waals surface area contributed by atoms with Crippen LogP contribution in [0, 0.1) is 0 Å². The molecule has 1 amide bonds. The highest BCUT2D eigenvalue weighted by molar-refractivity contribution is 7.98. The lowest BCUT2D eigenvalue weighted by molar-refractivity contribution is -0.129. The van der Waals surface area contributed by atoms with E-state index in [2.05, 4.69) is 0 Å². The molecule has 0 aliphatic carbocycles. The molecule has 1 aliphatic heterocycles. The molecule has 1 unspecified atom stereocenters. The van der Waals surface area contributed by atoms with E-state index in [1.165, 1.54) is 16.9 Å². The second-order valence-electron chi connectivity index (χ2n) is 6.18. The highest BCUT2D eigenvalue weighted by Gasteiger charge is 2.39. The van der Waals surface area contributed by atoms with Gasteiger partial charge < -0.3 is 9.47 Å². The van der Waals surface area contributed by atoms with Gasteiger partial charge in [-0.15, -0.1) is 11.8 Å². The molecule has 1 aliphatic rings. The Morgan fingerprint density at radius 1 is 1.33 bits per heavy atom. The maximum Gasteiger partial charge on any atom is 0.263 e. The number of amides is 1. The number of sulfonamides is 1. The maximum absolute atomic E-state index is 12.8. The molecule has 152 valence electrons. The van der Waals surface area contributed by atoms with Crippen LogP contribution in [0.25, 0.3) is 0 Å². The number of ether oxygens (including phenoxy) is 2. The van der Waals surface area contributed by atoms with Gasteiger partial charge in [0.2, 0.25) is 10.0 Å².